The number of nitriles is 1. The van der Waals surface area contributed by atoms with Gasteiger partial charge in [-0.3, -0.25) is 4.79 Å². The van der Waals surface area contributed by atoms with Crippen molar-refractivity contribution in [3.05, 3.63) is 65.2 Å². The Balaban J connectivity index is 2.21. The molecule has 0 atom stereocenters. The lowest BCUT2D eigenvalue weighted by Gasteiger charge is -2.07. The number of carboxylic acids is 1. The van der Waals surface area contributed by atoms with E-state index in [-0.39, 0.29) is 16.8 Å². The molecule has 0 aliphatic heterocycles. The normalized spacial score (nSPS) is 10.6. The van der Waals surface area contributed by atoms with E-state index in [1.54, 1.807) is 36.4 Å². The molecular weight excluding hydrogens is 320 g/mol. The Morgan fingerprint density at radius 3 is 2.48 bits per heavy atom. The molecule has 2 aromatic rings. The van der Waals surface area contributed by atoms with Crippen molar-refractivity contribution in [3.63, 3.8) is 0 Å². The number of benzene rings is 2. The number of ether oxygens (including phenoxy) is 1. The van der Waals surface area contributed by atoms with Crippen molar-refractivity contribution in [2.24, 2.45) is 0 Å². The minimum absolute atomic E-state index is 0.0470. The van der Waals surface area contributed by atoms with Gasteiger partial charge in [-0.05, 0) is 42.8 Å². The van der Waals surface area contributed by atoms with Crippen LogP contribution in [0.5, 0.6) is 5.75 Å². The van der Waals surface area contributed by atoms with Crippen molar-refractivity contribution in [2.45, 2.75) is 6.92 Å². The second kappa shape index (κ2) is 8.31. The van der Waals surface area contributed by atoms with Crippen molar-refractivity contribution >= 4 is 23.6 Å². The number of anilines is 1. The van der Waals surface area contributed by atoms with Crippen LogP contribution in [0, 0.1) is 11.3 Å². The van der Waals surface area contributed by atoms with E-state index in [1.165, 1.54) is 18.2 Å². The van der Waals surface area contributed by atoms with Gasteiger partial charge in [0.25, 0.3) is 5.91 Å². The Morgan fingerprint density at radius 1 is 1.20 bits per heavy atom. The van der Waals surface area contributed by atoms with Crippen molar-refractivity contribution in [1.82, 2.24) is 0 Å². The monoisotopic (exact) mass is 336 g/mol. The molecule has 0 fully saturated rings. The predicted molar refractivity (Wildman–Crippen MR) is 93.2 cm³/mol. The van der Waals surface area contributed by atoms with E-state index < -0.39 is 11.9 Å². The average Bonchev–Trinajstić information content (AvgIpc) is 2.61. The summed E-state index contributed by atoms with van der Waals surface area (Å²) in [6.45, 7) is 2.42. The molecule has 0 bridgehead atoms. The molecule has 0 spiro atoms. The highest BCUT2D eigenvalue weighted by Gasteiger charge is 2.14. The van der Waals surface area contributed by atoms with Crippen molar-refractivity contribution < 1.29 is 19.4 Å². The van der Waals surface area contributed by atoms with Crippen LogP contribution in [0.4, 0.5) is 5.69 Å². The number of hydrogen-bond donors (Lipinski definition) is 2. The smallest absolute Gasteiger partial charge is 0.337 e. The molecule has 6 nitrogen and oxygen atoms in total. The molecule has 126 valence electrons. The van der Waals surface area contributed by atoms with Gasteiger partial charge >= 0.3 is 5.97 Å². The third kappa shape index (κ3) is 4.69. The quantitative estimate of drug-likeness (QED) is 0.622. The first kappa shape index (κ1) is 17.8. The molecule has 0 aromatic heterocycles. The van der Waals surface area contributed by atoms with Gasteiger partial charge in [0.1, 0.15) is 17.4 Å². The fourth-order valence-electron chi connectivity index (χ4n) is 2.11. The highest BCUT2D eigenvalue weighted by atomic mass is 16.5. The molecule has 0 heterocycles. The lowest BCUT2D eigenvalue weighted by molar-refractivity contribution is -0.112. The number of carbonyl (C=O) groups is 2. The topological polar surface area (TPSA) is 99.4 Å². The van der Waals surface area contributed by atoms with Crippen molar-refractivity contribution in [1.29, 1.82) is 5.26 Å². The highest BCUT2D eigenvalue weighted by Crippen LogP contribution is 2.18. The van der Waals surface area contributed by atoms with Gasteiger partial charge in [-0.2, -0.15) is 5.26 Å². The van der Waals surface area contributed by atoms with Gasteiger partial charge in [0, 0.05) is 0 Å². The molecule has 0 aliphatic rings. The van der Waals surface area contributed by atoms with Crippen LogP contribution in [-0.4, -0.2) is 23.6 Å². The van der Waals surface area contributed by atoms with Crippen LogP contribution in [0.3, 0.4) is 0 Å². The summed E-state index contributed by atoms with van der Waals surface area (Å²) < 4.78 is 5.33. The fourth-order valence-corrected chi connectivity index (χ4v) is 2.11. The fraction of sp³-hybridized carbons (Fsp3) is 0.105. The Labute approximate surface area is 145 Å². The Bertz CT molecular complexity index is 848. The van der Waals surface area contributed by atoms with Crippen LogP contribution in [0.25, 0.3) is 6.08 Å². The maximum absolute atomic E-state index is 12.3. The van der Waals surface area contributed by atoms with Gasteiger partial charge in [0.15, 0.2) is 0 Å². The van der Waals surface area contributed by atoms with E-state index in [4.69, 9.17) is 9.84 Å². The van der Waals surface area contributed by atoms with Gasteiger partial charge in [0.2, 0.25) is 0 Å². The number of carbonyl (C=O) groups excluding carboxylic acids is 1. The van der Waals surface area contributed by atoms with Gasteiger partial charge in [0.05, 0.1) is 17.9 Å². The average molecular weight is 336 g/mol. The van der Waals surface area contributed by atoms with E-state index in [0.717, 1.165) is 0 Å². The standard InChI is InChI=1S/C19H16N2O4/c1-2-25-15-9-7-13(8-10-15)11-14(12-20)18(22)21-17-6-4-3-5-16(17)19(23)24/h3-11H,2H2,1H3,(H,21,22)(H,23,24). The maximum atomic E-state index is 12.3. The summed E-state index contributed by atoms with van der Waals surface area (Å²) in [5.74, 6) is -1.15. The SMILES string of the molecule is CCOc1ccc(C=C(C#N)C(=O)Nc2ccccc2C(=O)O)cc1. The zero-order chi connectivity index (χ0) is 18.2. The summed E-state index contributed by atoms with van der Waals surface area (Å²) >= 11 is 0. The first-order valence-corrected chi connectivity index (χ1v) is 7.53. The number of nitrogens with one attached hydrogen (secondary N) is 1. The number of amides is 1. The van der Waals surface area contributed by atoms with E-state index in [1.807, 2.05) is 13.0 Å². The van der Waals surface area contributed by atoms with Gasteiger partial charge in [-0.25, -0.2) is 4.79 Å². The van der Waals surface area contributed by atoms with E-state index in [0.29, 0.717) is 17.9 Å². The Morgan fingerprint density at radius 2 is 1.88 bits per heavy atom. The Kier molecular flexibility index (Phi) is 5.91. The minimum Gasteiger partial charge on any atom is -0.494 e. The molecule has 0 radical (unpaired) electrons. The van der Waals surface area contributed by atoms with Gasteiger partial charge in [-0.1, -0.05) is 24.3 Å². The summed E-state index contributed by atoms with van der Waals surface area (Å²) in [5.41, 5.74) is 0.605. The minimum atomic E-state index is -1.16. The van der Waals surface area contributed by atoms with Crippen LogP contribution in [-0.2, 0) is 4.79 Å². The highest BCUT2D eigenvalue weighted by molar-refractivity contribution is 6.11. The number of para-hydroxylation sites is 1. The lowest BCUT2D eigenvalue weighted by atomic mass is 10.1. The molecule has 6 heteroatoms. The molecule has 0 saturated heterocycles. The first-order valence-electron chi connectivity index (χ1n) is 7.53. The van der Waals surface area contributed by atoms with E-state index >= 15 is 0 Å². The molecule has 0 unspecified atom stereocenters. The summed E-state index contributed by atoms with van der Waals surface area (Å²) in [6.07, 6.45) is 1.43. The Hall–Kier alpha value is -3.59. The number of hydrogen-bond acceptors (Lipinski definition) is 4. The summed E-state index contributed by atoms with van der Waals surface area (Å²) in [5, 5.41) is 20.8. The van der Waals surface area contributed by atoms with E-state index in [2.05, 4.69) is 5.32 Å². The largest absolute Gasteiger partial charge is 0.494 e. The molecular formula is C19H16N2O4. The second-order valence-corrected chi connectivity index (χ2v) is 4.98. The molecule has 0 aliphatic carbocycles. The van der Waals surface area contributed by atoms with Crippen LogP contribution in [0.15, 0.2) is 54.1 Å². The second-order valence-electron chi connectivity index (χ2n) is 4.98. The molecule has 0 saturated carbocycles. The van der Waals surface area contributed by atoms with Crippen LogP contribution in [0.2, 0.25) is 0 Å². The predicted octanol–water partition coefficient (Wildman–Crippen LogP) is 3.33. The zero-order valence-electron chi connectivity index (χ0n) is 13.5. The number of carboxylic acid groups (broad SMARTS) is 1. The third-order valence-corrected chi connectivity index (χ3v) is 3.27. The van der Waals surface area contributed by atoms with Crippen LogP contribution < -0.4 is 10.1 Å². The summed E-state index contributed by atoms with van der Waals surface area (Å²) in [4.78, 5) is 23.4. The zero-order valence-corrected chi connectivity index (χ0v) is 13.5. The summed E-state index contributed by atoms with van der Waals surface area (Å²) in [7, 11) is 0. The molecule has 2 rings (SSSR count). The molecule has 25 heavy (non-hydrogen) atoms. The van der Waals surface area contributed by atoms with Crippen LogP contribution >= 0.6 is 0 Å². The molecule has 1 amide bonds. The molecule has 2 N–H and O–H groups in total. The summed E-state index contributed by atoms with van der Waals surface area (Å²) in [6, 6.07) is 14.7. The first-order chi connectivity index (χ1) is 12.0. The lowest BCUT2D eigenvalue weighted by Crippen LogP contribution is -2.16. The number of nitrogens with zero attached hydrogens (tertiary/aromatic N) is 1. The number of rotatable bonds is 6. The maximum Gasteiger partial charge on any atom is 0.337 e. The van der Waals surface area contributed by atoms with Crippen molar-refractivity contribution in [2.75, 3.05) is 11.9 Å². The molecule has 2 aromatic carbocycles. The van der Waals surface area contributed by atoms with Gasteiger partial charge in [-0.15, -0.1) is 0 Å². The van der Waals surface area contributed by atoms with Crippen molar-refractivity contribution in [3.8, 4) is 11.8 Å². The third-order valence-electron chi connectivity index (χ3n) is 3.27. The van der Waals surface area contributed by atoms with E-state index in [9.17, 15) is 14.9 Å². The number of aromatic carboxylic acids is 1. The van der Waals surface area contributed by atoms with Crippen LogP contribution in [0.1, 0.15) is 22.8 Å². The van der Waals surface area contributed by atoms with Gasteiger partial charge < -0.3 is 15.2 Å².